The van der Waals surface area contributed by atoms with Crippen molar-refractivity contribution in [2.45, 2.75) is 38.8 Å². The Morgan fingerprint density at radius 1 is 1.15 bits per heavy atom. The predicted molar refractivity (Wildman–Crippen MR) is 103 cm³/mol. The molecule has 2 unspecified atom stereocenters. The van der Waals surface area contributed by atoms with Gasteiger partial charge in [-0.1, -0.05) is 30.3 Å². The third-order valence-corrected chi connectivity index (χ3v) is 5.36. The van der Waals surface area contributed by atoms with Gasteiger partial charge in [0.2, 0.25) is 0 Å². The molecule has 3 aromatic rings. The number of aryl methyl sites for hydroxylation is 2. The molecule has 1 fully saturated rings. The Morgan fingerprint density at radius 2 is 1.96 bits per heavy atom. The maximum atomic E-state index is 12.8. The van der Waals surface area contributed by atoms with Crippen molar-refractivity contribution in [1.29, 1.82) is 0 Å². The Morgan fingerprint density at radius 3 is 2.77 bits per heavy atom. The molecule has 2 aromatic carbocycles. The number of hydrogen-bond acceptors (Lipinski definition) is 2. The molecule has 0 radical (unpaired) electrons. The van der Waals surface area contributed by atoms with Crippen LogP contribution >= 0.6 is 0 Å². The molecule has 4 nitrogen and oxygen atoms in total. The summed E-state index contributed by atoms with van der Waals surface area (Å²) in [6, 6.07) is 16.2. The summed E-state index contributed by atoms with van der Waals surface area (Å²) < 4.78 is 5.90. The summed E-state index contributed by atoms with van der Waals surface area (Å²) >= 11 is 0. The van der Waals surface area contributed by atoms with E-state index in [1.165, 1.54) is 11.1 Å². The molecule has 2 heterocycles. The fourth-order valence-electron chi connectivity index (χ4n) is 3.70. The molecule has 0 spiro atoms. The molecule has 1 aliphatic rings. The summed E-state index contributed by atoms with van der Waals surface area (Å²) in [5.41, 5.74) is 5.30. The van der Waals surface area contributed by atoms with Crippen LogP contribution in [0.25, 0.3) is 10.9 Å². The van der Waals surface area contributed by atoms with Crippen LogP contribution in [-0.4, -0.2) is 23.5 Å². The number of H-pyrrole nitrogens is 1. The minimum atomic E-state index is -0.0103. The lowest BCUT2D eigenvalue weighted by atomic mass is 9.97. The second-order valence-electron chi connectivity index (χ2n) is 7.10. The number of ether oxygens (including phenoxy) is 1. The molecule has 4 heteroatoms. The molecule has 0 saturated carbocycles. The zero-order valence-corrected chi connectivity index (χ0v) is 15.2. The number of benzene rings is 2. The van der Waals surface area contributed by atoms with Crippen LogP contribution in [0, 0.1) is 13.8 Å². The third kappa shape index (κ3) is 3.25. The van der Waals surface area contributed by atoms with E-state index in [1.54, 1.807) is 0 Å². The van der Waals surface area contributed by atoms with Gasteiger partial charge in [-0.05, 0) is 56.0 Å². The predicted octanol–water partition coefficient (Wildman–Crippen LogP) is 4.43. The van der Waals surface area contributed by atoms with Crippen molar-refractivity contribution in [2.24, 2.45) is 0 Å². The van der Waals surface area contributed by atoms with Crippen molar-refractivity contribution < 1.29 is 9.53 Å². The zero-order chi connectivity index (χ0) is 18.1. The lowest BCUT2D eigenvalue weighted by Crippen LogP contribution is -2.39. The van der Waals surface area contributed by atoms with Crippen LogP contribution in [0.5, 0.6) is 0 Å². The van der Waals surface area contributed by atoms with Crippen molar-refractivity contribution in [3.63, 3.8) is 0 Å². The second kappa shape index (κ2) is 6.96. The molecule has 4 rings (SSSR count). The molecule has 1 aromatic heterocycles. The largest absolute Gasteiger partial charge is 0.373 e. The minimum Gasteiger partial charge on any atom is -0.373 e. The third-order valence-electron chi connectivity index (χ3n) is 5.36. The van der Waals surface area contributed by atoms with E-state index in [1.807, 2.05) is 36.4 Å². The molecule has 0 bridgehead atoms. The second-order valence-corrected chi connectivity index (χ2v) is 7.10. The van der Waals surface area contributed by atoms with Gasteiger partial charge in [-0.25, -0.2) is 0 Å². The number of amides is 1. The van der Waals surface area contributed by atoms with Gasteiger partial charge < -0.3 is 15.0 Å². The van der Waals surface area contributed by atoms with Crippen LogP contribution in [0.15, 0.2) is 48.5 Å². The van der Waals surface area contributed by atoms with Crippen LogP contribution in [0.2, 0.25) is 0 Å². The number of fused-ring (bicyclic) bond motifs is 1. The van der Waals surface area contributed by atoms with Gasteiger partial charge in [0.25, 0.3) is 5.91 Å². The number of carbonyl (C=O) groups excluding carboxylic acids is 1. The molecule has 1 aliphatic heterocycles. The fourth-order valence-corrected chi connectivity index (χ4v) is 3.70. The van der Waals surface area contributed by atoms with Gasteiger partial charge in [-0.3, -0.25) is 4.79 Å². The van der Waals surface area contributed by atoms with E-state index >= 15 is 0 Å². The smallest absolute Gasteiger partial charge is 0.251 e. The van der Waals surface area contributed by atoms with Gasteiger partial charge in [0.15, 0.2) is 0 Å². The van der Waals surface area contributed by atoms with Crippen molar-refractivity contribution in [3.8, 4) is 0 Å². The highest BCUT2D eigenvalue weighted by Gasteiger charge is 2.25. The molecule has 134 valence electrons. The zero-order valence-electron chi connectivity index (χ0n) is 15.2. The van der Waals surface area contributed by atoms with Crippen molar-refractivity contribution >= 4 is 16.8 Å². The average Bonchev–Trinajstić information content (AvgIpc) is 2.96. The Hall–Kier alpha value is -2.59. The van der Waals surface area contributed by atoms with Gasteiger partial charge in [0, 0.05) is 34.8 Å². The Labute approximate surface area is 153 Å². The highest BCUT2D eigenvalue weighted by molar-refractivity contribution is 5.99. The SMILES string of the molecule is Cc1[nH]c2ccc(C(=O)NC3CCOC(c4ccccc4)C3)cc2c1C. The van der Waals surface area contributed by atoms with E-state index in [4.69, 9.17) is 4.74 Å². The summed E-state index contributed by atoms with van der Waals surface area (Å²) in [6.45, 7) is 4.80. The quantitative estimate of drug-likeness (QED) is 0.735. The summed E-state index contributed by atoms with van der Waals surface area (Å²) in [5.74, 6) is -0.0103. The first-order valence-corrected chi connectivity index (χ1v) is 9.18. The standard InChI is InChI=1S/C22H24N2O2/c1-14-15(2)23-20-9-8-17(12-19(14)20)22(25)24-18-10-11-26-21(13-18)16-6-4-3-5-7-16/h3-9,12,18,21,23H,10-11,13H2,1-2H3,(H,24,25). The van der Waals surface area contributed by atoms with Crippen molar-refractivity contribution in [3.05, 3.63) is 70.9 Å². The van der Waals surface area contributed by atoms with Gasteiger partial charge in [0.1, 0.15) is 0 Å². The summed E-state index contributed by atoms with van der Waals surface area (Å²) in [6.07, 6.45) is 1.70. The number of hydrogen-bond donors (Lipinski definition) is 2. The lowest BCUT2D eigenvalue weighted by molar-refractivity contribution is 0.000906. The highest BCUT2D eigenvalue weighted by Crippen LogP contribution is 2.28. The van der Waals surface area contributed by atoms with E-state index in [0.29, 0.717) is 12.2 Å². The molecule has 1 amide bonds. The number of aromatic amines is 1. The lowest BCUT2D eigenvalue weighted by Gasteiger charge is -2.30. The number of aromatic nitrogens is 1. The monoisotopic (exact) mass is 348 g/mol. The van der Waals surface area contributed by atoms with Gasteiger partial charge >= 0.3 is 0 Å². The number of carbonyl (C=O) groups is 1. The van der Waals surface area contributed by atoms with E-state index in [-0.39, 0.29) is 18.1 Å². The molecular formula is C22H24N2O2. The first kappa shape index (κ1) is 16.9. The van der Waals surface area contributed by atoms with Crippen LogP contribution < -0.4 is 5.32 Å². The maximum Gasteiger partial charge on any atom is 0.251 e. The van der Waals surface area contributed by atoms with Gasteiger partial charge in [-0.2, -0.15) is 0 Å². The molecule has 1 saturated heterocycles. The summed E-state index contributed by atoms with van der Waals surface area (Å²) in [4.78, 5) is 16.1. The molecule has 26 heavy (non-hydrogen) atoms. The minimum absolute atomic E-state index is 0.0103. The molecule has 2 atom stereocenters. The van der Waals surface area contributed by atoms with Crippen molar-refractivity contribution in [2.75, 3.05) is 6.61 Å². The molecule has 0 aliphatic carbocycles. The van der Waals surface area contributed by atoms with Crippen molar-refractivity contribution in [1.82, 2.24) is 10.3 Å². The van der Waals surface area contributed by atoms with E-state index in [0.717, 1.165) is 29.4 Å². The van der Waals surface area contributed by atoms with Gasteiger partial charge in [-0.15, -0.1) is 0 Å². The van der Waals surface area contributed by atoms with Gasteiger partial charge in [0.05, 0.1) is 6.10 Å². The van der Waals surface area contributed by atoms with E-state index in [2.05, 4.69) is 36.3 Å². The average molecular weight is 348 g/mol. The normalized spacial score (nSPS) is 20.2. The van der Waals surface area contributed by atoms with E-state index in [9.17, 15) is 4.79 Å². The molecule has 2 N–H and O–H groups in total. The summed E-state index contributed by atoms with van der Waals surface area (Å²) in [5, 5.41) is 4.31. The Bertz CT molecular complexity index is 930. The Balaban J connectivity index is 1.48. The topological polar surface area (TPSA) is 54.1 Å². The first-order valence-electron chi connectivity index (χ1n) is 9.18. The van der Waals surface area contributed by atoms with Crippen LogP contribution in [0.3, 0.4) is 0 Å². The highest BCUT2D eigenvalue weighted by atomic mass is 16.5. The maximum absolute atomic E-state index is 12.8. The summed E-state index contributed by atoms with van der Waals surface area (Å²) in [7, 11) is 0. The number of rotatable bonds is 3. The van der Waals surface area contributed by atoms with Crippen LogP contribution in [0.1, 0.15) is 46.1 Å². The van der Waals surface area contributed by atoms with E-state index < -0.39 is 0 Å². The molecular weight excluding hydrogens is 324 g/mol. The fraction of sp³-hybridized carbons (Fsp3) is 0.318. The Kier molecular flexibility index (Phi) is 4.51. The first-order chi connectivity index (χ1) is 12.6. The van der Waals surface area contributed by atoms with Crippen LogP contribution in [0.4, 0.5) is 0 Å². The van der Waals surface area contributed by atoms with Crippen LogP contribution in [-0.2, 0) is 4.74 Å². The number of nitrogens with one attached hydrogen (secondary N) is 2.